The van der Waals surface area contributed by atoms with Crippen molar-refractivity contribution in [3.63, 3.8) is 0 Å². The molecule has 0 unspecified atom stereocenters. The van der Waals surface area contributed by atoms with Crippen LogP contribution >= 0.6 is 0 Å². The summed E-state index contributed by atoms with van der Waals surface area (Å²) in [6, 6.07) is 0. The van der Waals surface area contributed by atoms with Crippen molar-refractivity contribution in [1.82, 2.24) is 14.8 Å². The Kier molecular flexibility index (Phi) is 2.70. The van der Waals surface area contributed by atoms with Crippen LogP contribution in [-0.2, 0) is 21.9 Å². The largest absolute Gasteiger partial charge is 0.480 e. The van der Waals surface area contributed by atoms with Gasteiger partial charge in [0, 0.05) is 7.05 Å². The number of sulfonamides is 1. The minimum atomic E-state index is -3.90. The van der Waals surface area contributed by atoms with Gasteiger partial charge in [0.15, 0.2) is 5.75 Å². The van der Waals surface area contributed by atoms with Crippen LogP contribution in [0.3, 0.4) is 0 Å². The molecule has 1 aromatic heterocycles. The molecule has 0 aliphatic heterocycles. The van der Waals surface area contributed by atoms with E-state index in [4.69, 9.17) is 5.11 Å². The average Bonchev–Trinajstić information content (AvgIpc) is 2.32. The van der Waals surface area contributed by atoms with Gasteiger partial charge in [-0.15, -0.1) is 10.2 Å². The second-order valence-electron chi connectivity index (χ2n) is 2.52. The van der Waals surface area contributed by atoms with Crippen molar-refractivity contribution < 1.29 is 18.3 Å². The standard InChI is InChI=1S/C5H8N4O4S/c1-9-3-6-7-5(9)8-14(12,13)2-4(10)11/h3H,2H2,1H3,(H,7,8)(H,10,11). The van der Waals surface area contributed by atoms with Gasteiger partial charge in [0.05, 0.1) is 0 Å². The number of carbonyl (C=O) groups is 1. The van der Waals surface area contributed by atoms with Gasteiger partial charge in [-0.2, -0.15) is 0 Å². The summed E-state index contributed by atoms with van der Waals surface area (Å²) in [4.78, 5) is 10.2. The zero-order valence-corrected chi connectivity index (χ0v) is 8.02. The number of hydrogen-bond acceptors (Lipinski definition) is 5. The van der Waals surface area contributed by atoms with Crippen LogP contribution in [0.1, 0.15) is 0 Å². The van der Waals surface area contributed by atoms with Gasteiger partial charge < -0.3 is 9.67 Å². The van der Waals surface area contributed by atoms with Crippen molar-refractivity contribution in [3.8, 4) is 0 Å². The lowest BCUT2D eigenvalue weighted by Crippen LogP contribution is -2.23. The molecule has 0 amide bonds. The van der Waals surface area contributed by atoms with Gasteiger partial charge in [0.25, 0.3) is 0 Å². The van der Waals surface area contributed by atoms with Crippen molar-refractivity contribution in [1.29, 1.82) is 0 Å². The first-order valence-electron chi connectivity index (χ1n) is 3.47. The molecule has 0 aliphatic rings. The molecule has 1 rings (SSSR count). The Morgan fingerprint density at radius 1 is 1.71 bits per heavy atom. The summed E-state index contributed by atoms with van der Waals surface area (Å²) in [6.07, 6.45) is 1.29. The van der Waals surface area contributed by atoms with Crippen molar-refractivity contribution in [2.75, 3.05) is 10.5 Å². The Hall–Kier alpha value is -1.64. The summed E-state index contributed by atoms with van der Waals surface area (Å²) in [5.41, 5.74) is 0. The van der Waals surface area contributed by atoms with E-state index in [1.165, 1.54) is 17.9 Å². The number of nitrogens with zero attached hydrogens (tertiary/aromatic N) is 3. The predicted octanol–water partition coefficient (Wildman–Crippen LogP) is -1.36. The number of aryl methyl sites for hydroxylation is 1. The van der Waals surface area contributed by atoms with Crippen molar-refractivity contribution in [2.45, 2.75) is 0 Å². The molecule has 0 saturated heterocycles. The van der Waals surface area contributed by atoms with E-state index in [0.717, 1.165) is 0 Å². The van der Waals surface area contributed by atoms with E-state index in [-0.39, 0.29) is 5.95 Å². The lowest BCUT2D eigenvalue weighted by Gasteiger charge is -2.03. The number of hydrogen-bond donors (Lipinski definition) is 2. The molecule has 1 heterocycles. The molecule has 9 heteroatoms. The van der Waals surface area contributed by atoms with Crippen LogP contribution in [0.2, 0.25) is 0 Å². The SMILES string of the molecule is Cn1cnnc1NS(=O)(=O)CC(=O)O. The maximum Gasteiger partial charge on any atom is 0.320 e. The second kappa shape index (κ2) is 3.62. The van der Waals surface area contributed by atoms with E-state index in [9.17, 15) is 13.2 Å². The summed E-state index contributed by atoms with van der Waals surface area (Å²) < 4.78 is 25.5. The molecule has 0 aromatic carbocycles. The fraction of sp³-hybridized carbons (Fsp3) is 0.400. The highest BCUT2D eigenvalue weighted by molar-refractivity contribution is 7.93. The normalized spacial score (nSPS) is 11.2. The molecule has 1 aromatic rings. The van der Waals surface area contributed by atoms with Crippen LogP contribution in [-0.4, -0.2) is 40.0 Å². The molecule has 78 valence electrons. The molecule has 0 fully saturated rings. The number of nitrogens with one attached hydrogen (secondary N) is 1. The predicted molar refractivity (Wildman–Crippen MR) is 46.0 cm³/mol. The van der Waals surface area contributed by atoms with Gasteiger partial charge in [0.1, 0.15) is 6.33 Å². The van der Waals surface area contributed by atoms with E-state index in [1.54, 1.807) is 0 Å². The molecule has 8 nitrogen and oxygen atoms in total. The number of aliphatic carboxylic acids is 1. The molecule has 0 aliphatic carbocycles. The first-order valence-corrected chi connectivity index (χ1v) is 5.12. The maximum absolute atomic E-state index is 11.1. The Morgan fingerprint density at radius 2 is 2.36 bits per heavy atom. The average molecular weight is 220 g/mol. The molecule has 0 spiro atoms. The Morgan fingerprint density at radius 3 is 2.79 bits per heavy atom. The zero-order chi connectivity index (χ0) is 10.8. The van der Waals surface area contributed by atoms with Gasteiger partial charge in [-0.05, 0) is 0 Å². The van der Waals surface area contributed by atoms with Gasteiger partial charge >= 0.3 is 5.97 Å². The van der Waals surface area contributed by atoms with Gasteiger partial charge in [-0.1, -0.05) is 0 Å². The molecule has 0 radical (unpaired) electrons. The molecule has 2 N–H and O–H groups in total. The number of rotatable bonds is 4. The lowest BCUT2D eigenvalue weighted by molar-refractivity contribution is -0.134. The minimum absolute atomic E-state index is 0.0220. The van der Waals surface area contributed by atoms with Crippen molar-refractivity contribution in [2.24, 2.45) is 7.05 Å². The van der Waals surface area contributed by atoms with Crippen LogP contribution in [0, 0.1) is 0 Å². The molecular formula is C5H8N4O4S. The Bertz CT molecular complexity index is 436. The molecular weight excluding hydrogens is 212 g/mol. The first kappa shape index (κ1) is 10.4. The Balaban J connectivity index is 2.79. The second-order valence-corrected chi connectivity index (χ2v) is 4.24. The molecule has 0 saturated carbocycles. The molecule has 0 bridgehead atoms. The lowest BCUT2D eigenvalue weighted by atomic mass is 10.8. The topological polar surface area (TPSA) is 114 Å². The zero-order valence-electron chi connectivity index (χ0n) is 7.21. The Labute approximate surface area is 79.6 Å². The highest BCUT2D eigenvalue weighted by atomic mass is 32.2. The highest BCUT2D eigenvalue weighted by Crippen LogP contribution is 2.02. The molecule has 0 atom stereocenters. The summed E-state index contributed by atoms with van der Waals surface area (Å²) in [5.74, 6) is -2.45. The summed E-state index contributed by atoms with van der Waals surface area (Å²) >= 11 is 0. The quantitative estimate of drug-likeness (QED) is 0.647. The third-order valence-electron chi connectivity index (χ3n) is 1.27. The fourth-order valence-electron chi connectivity index (χ4n) is 0.713. The smallest absolute Gasteiger partial charge is 0.320 e. The number of aromatic nitrogens is 3. The van der Waals surface area contributed by atoms with Crippen LogP contribution < -0.4 is 4.72 Å². The van der Waals surface area contributed by atoms with Crippen LogP contribution in [0.4, 0.5) is 5.95 Å². The first-order chi connectivity index (χ1) is 6.41. The third kappa shape index (κ3) is 2.69. The van der Waals surface area contributed by atoms with Gasteiger partial charge in [0.2, 0.25) is 16.0 Å². The maximum atomic E-state index is 11.1. The molecule has 14 heavy (non-hydrogen) atoms. The van der Waals surface area contributed by atoms with E-state index in [2.05, 4.69) is 10.2 Å². The number of carboxylic acids is 1. The number of carboxylic acid groups (broad SMARTS) is 1. The van der Waals surface area contributed by atoms with E-state index >= 15 is 0 Å². The van der Waals surface area contributed by atoms with Crippen molar-refractivity contribution >= 4 is 21.9 Å². The minimum Gasteiger partial charge on any atom is -0.480 e. The fourth-order valence-corrected chi connectivity index (χ4v) is 1.57. The monoisotopic (exact) mass is 220 g/mol. The van der Waals surface area contributed by atoms with Crippen LogP contribution in [0.25, 0.3) is 0 Å². The van der Waals surface area contributed by atoms with E-state index < -0.39 is 21.7 Å². The van der Waals surface area contributed by atoms with Crippen LogP contribution in [0.5, 0.6) is 0 Å². The summed E-state index contributed by atoms with van der Waals surface area (Å²) in [7, 11) is -2.37. The van der Waals surface area contributed by atoms with Crippen molar-refractivity contribution in [3.05, 3.63) is 6.33 Å². The third-order valence-corrected chi connectivity index (χ3v) is 2.39. The highest BCUT2D eigenvalue weighted by Gasteiger charge is 2.17. The van der Waals surface area contributed by atoms with Crippen LogP contribution in [0.15, 0.2) is 6.33 Å². The summed E-state index contributed by atoms with van der Waals surface area (Å²) in [5, 5.41) is 15.1. The summed E-state index contributed by atoms with van der Waals surface area (Å²) in [6.45, 7) is 0. The number of anilines is 1. The van der Waals surface area contributed by atoms with E-state index in [1.807, 2.05) is 4.72 Å². The van der Waals surface area contributed by atoms with Gasteiger partial charge in [-0.3, -0.25) is 9.52 Å². The van der Waals surface area contributed by atoms with E-state index in [0.29, 0.717) is 0 Å². The van der Waals surface area contributed by atoms with Gasteiger partial charge in [-0.25, -0.2) is 8.42 Å².